The summed E-state index contributed by atoms with van der Waals surface area (Å²) in [5, 5.41) is 0. The first kappa shape index (κ1) is 23.2. The molecule has 180 valence electrons. The Kier molecular flexibility index (Phi) is 9.08. The number of nitrogens with one attached hydrogen (secondary N) is 3. The standard InChI is InChI=1S/C24H36N6O3/c1-2-8-14-19(13-7-1)28-31-22-25-23(32-29-20-15-9-3-4-10-16-20)27-24(26-22)33-30-21-17-11-5-6-12-18-21/h13,15,17,28-30H,1-12,14,16,18H2. The van der Waals surface area contributed by atoms with Crippen molar-refractivity contribution in [1.82, 2.24) is 31.4 Å². The van der Waals surface area contributed by atoms with E-state index >= 15 is 0 Å². The fraction of sp³-hybridized carbons (Fsp3) is 0.625. The van der Waals surface area contributed by atoms with Gasteiger partial charge in [0.05, 0.1) is 0 Å². The molecule has 9 nitrogen and oxygen atoms in total. The third-order valence-corrected chi connectivity index (χ3v) is 6.02. The largest absolute Gasteiger partial charge is 0.352 e. The molecule has 0 fully saturated rings. The highest BCUT2D eigenvalue weighted by Crippen LogP contribution is 2.20. The SMILES string of the molecule is C1=C(NOc2nc(ONC3=CCCCCC3)nc(ONC3=CCCCCC3)n2)CCCCC1. The summed E-state index contributed by atoms with van der Waals surface area (Å²) >= 11 is 0. The van der Waals surface area contributed by atoms with Crippen molar-refractivity contribution in [3.8, 4) is 18.0 Å². The van der Waals surface area contributed by atoms with Crippen LogP contribution in [0.4, 0.5) is 0 Å². The second-order valence-electron chi connectivity index (χ2n) is 8.78. The maximum Gasteiger partial charge on any atom is 0.352 e. The lowest BCUT2D eigenvalue weighted by atomic mass is 10.2. The number of hydrogen-bond donors (Lipinski definition) is 3. The summed E-state index contributed by atoms with van der Waals surface area (Å²) in [5.41, 5.74) is 12.1. The summed E-state index contributed by atoms with van der Waals surface area (Å²) in [6.45, 7) is 0. The van der Waals surface area contributed by atoms with E-state index in [1.165, 1.54) is 38.5 Å². The third-order valence-electron chi connectivity index (χ3n) is 6.02. The minimum absolute atomic E-state index is 0.0911. The van der Waals surface area contributed by atoms with E-state index in [1.54, 1.807) is 0 Å². The summed E-state index contributed by atoms with van der Waals surface area (Å²) in [5.74, 6) is 0. The minimum Gasteiger partial charge on any atom is -0.340 e. The number of allylic oxidation sites excluding steroid dienone is 6. The summed E-state index contributed by atoms with van der Waals surface area (Å²) in [4.78, 5) is 29.9. The predicted octanol–water partition coefficient (Wildman–Crippen LogP) is 5.07. The maximum atomic E-state index is 5.68. The molecule has 0 saturated heterocycles. The molecule has 0 spiro atoms. The van der Waals surface area contributed by atoms with Crippen LogP contribution in [0.25, 0.3) is 0 Å². The topological polar surface area (TPSA) is 102 Å². The van der Waals surface area contributed by atoms with Gasteiger partial charge in [-0.25, -0.2) is 16.4 Å². The lowest BCUT2D eigenvalue weighted by molar-refractivity contribution is 0.156. The first-order valence-electron chi connectivity index (χ1n) is 12.5. The maximum absolute atomic E-state index is 5.68. The molecular formula is C24H36N6O3. The molecule has 0 amide bonds. The Balaban J connectivity index is 1.41. The molecule has 4 rings (SSSR count). The molecule has 0 aromatic carbocycles. The van der Waals surface area contributed by atoms with E-state index in [9.17, 15) is 0 Å². The highest BCUT2D eigenvalue weighted by Gasteiger charge is 2.14. The van der Waals surface area contributed by atoms with Crippen molar-refractivity contribution >= 4 is 0 Å². The second kappa shape index (κ2) is 12.9. The summed E-state index contributed by atoms with van der Waals surface area (Å²) in [7, 11) is 0. The Labute approximate surface area is 196 Å². The number of nitrogens with zero attached hydrogens (tertiary/aromatic N) is 3. The molecule has 9 heteroatoms. The van der Waals surface area contributed by atoms with Gasteiger partial charge in [0.2, 0.25) is 0 Å². The fourth-order valence-electron chi connectivity index (χ4n) is 4.11. The lowest BCUT2D eigenvalue weighted by Crippen LogP contribution is -2.24. The van der Waals surface area contributed by atoms with Crippen molar-refractivity contribution in [3.05, 3.63) is 35.3 Å². The van der Waals surface area contributed by atoms with Crippen molar-refractivity contribution in [1.29, 1.82) is 0 Å². The van der Waals surface area contributed by atoms with Gasteiger partial charge in [0.15, 0.2) is 0 Å². The Morgan fingerprint density at radius 2 is 0.788 bits per heavy atom. The van der Waals surface area contributed by atoms with Crippen LogP contribution in [-0.2, 0) is 0 Å². The van der Waals surface area contributed by atoms with Crippen molar-refractivity contribution < 1.29 is 14.5 Å². The quantitative estimate of drug-likeness (QED) is 0.440. The molecule has 0 bridgehead atoms. The van der Waals surface area contributed by atoms with Crippen LogP contribution in [-0.4, -0.2) is 15.0 Å². The molecule has 3 N–H and O–H groups in total. The van der Waals surface area contributed by atoms with Crippen LogP contribution < -0.4 is 31.0 Å². The van der Waals surface area contributed by atoms with Gasteiger partial charge in [-0.1, -0.05) is 37.5 Å². The molecule has 0 radical (unpaired) electrons. The second-order valence-corrected chi connectivity index (χ2v) is 8.78. The zero-order valence-electron chi connectivity index (χ0n) is 19.4. The van der Waals surface area contributed by atoms with Gasteiger partial charge in [0, 0.05) is 17.1 Å². The fourth-order valence-corrected chi connectivity index (χ4v) is 4.11. The van der Waals surface area contributed by atoms with Crippen LogP contribution in [0.1, 0.15) is 96.3 Å². The van der Waals surface area contributed by atoms with E-state index in [1.807, 2.05) is 0 Å². The van der Waals surface area contributed by atoms with Crippen LogP contribution >= 0.6 is 0 Å². The summed E-state index contributed by atoms with van der Waals surface area (Å²) in [6.07, 6.45) is 23.2. The Morgan fingerprint density at radius 1 is 0.455 bits per heavy atom. The molecule has 1 heterocycles. The normalized spacial score (nSPS) is 19.5. The zero-order chi connectivity index (χ0) is 22.6. The molecule has 0 aliphatic heterocycles. The van der Waals surface area contributed by atoms with E-state index < -0.39 is 0 Å². The summed E-state index contributed by atoms with van der Waals surface area (Å²) < 4.78 is 0. The smallest absolute Gasteiger partial charge is 0.340 e. The highest BCUT2D eigenvalue weighted by atomic mass is 16.7. The van der Waals surface area contributed by atoms with Gasteiger partial charge in [-0.2, -0.15) is 0 Å². The average molecular weight is 457 g/mol. The van der Waals surface area contributed by atoms with Crippen LogP contribution in [0.5, 0.6) is 18.0 Å². The van der Waals surface area contributed by atoms with Gasteiger partial charge in [-0.15, -0.1) is 15.0 Å². The molecule has 3 aliphatic carbocycles. The molecular weight excluding hydrogens is 420 g/mol. The predicted molar refractivity (Wildman–Crippen MR) is 125 cm³/mol. The molecule has 0 saturated carbocycles. The molecule has 3 aliphatic rings. The van der Waals surface area contributed by atoms with Crippen LogP contribution in [0, 0.1) is 0 Å². The van der Waals surface area contributed by atoms with E-state index in [2.05, 4.69) is 49.6 Å². The van der Waals surface area contributed by atoms with Gasteiger partial charge in [0.25, 0.3) is 0 Å². The first-order valence-corrected chi connectivity index (χ1v) is 12.5. The summed E-state index contributed by atoms with van der Waals surface area (Å²) in [6, 6.07) is 0.273. The van der Waals surface area contributed by atoms with Crippen LogP contribution in [0.15, 0.2) is 35.3 Å². The van der Waals surface area contributed by atoms with E-state index in [-0.39, 0.29) is 18.0 Å². The van der Waals surface area contributed by atoms with E-state index in [0.29, 0.717) is 0 Å². The van der Waals surface area contributed by atoms with Crippen molar-refractivity contribution in [3.63, 3.8) is 0 Å². The van der Waals surface area contributed by atoms with Crippen LogP contribution in [0.3, 0.4) is 0 Å². The lowest BCUT2D eigenvalue weighted by Gasteiger charge is -2.13. The molecule has 1 aromatic rings. The van der Waals surface area contributed by atoms with Crippen molar-refractivity contribution in [2.75, 3.05) is 0 Å². The molecule has 0 atom stereocenters. The Hall–Kier alpha value is -2.97. The van der Waals surface area contributed by atoms with Crippen LogP contribution in [0.2, 0.25) is 0 Å². The van der Waals surface area contributed by atoms with Gasteiger partial charge in [0.1, 0.15) is 0 Å². The van der Waals surface area contributed by atoms with Gasteiger partial charge in [-0.05, 0) is 77.0 Å². The zero-order valence-corrected chi connectivity index (χ0v) is 19.4. The van der Waals surface area contributed by atoms with Gasteiger partial charge >= 0.3 is 18.0 Å². The Morgan fingerprint density at radius 3 is 1.12 bits per heavy atom. The minimum atomic E-state index is 0.0911. The average Bonchev–Trinajstić information content (AvgIpc) is 3.36. The Bertz CT molecular complexity index is 733. The first-order chi connectivity index (χ1) is 16.3. The van der Waals surface area contributed by atoms with Gasteiger partial charge < -0.3 is 14.5 Å². The molecule has 1 aromatic heterocycles. The van der Waals surface area contributed by atoms with E-state index in [0.717, 1.165) is 74.9 Å². The number of rotatable bonds is 9. The molecule has 33 heavy (non-hydrogen) atoms. The van der Waals surface area contributed by atoms with Crippen molar-refractivity contribution in [2.45, 2.75) is 96.3 Å². The van der Waals surface area contributed by atoms with Crippen molar-refractivity contribution in [2.24, 2.45) is 0 Å². The highest BCUT2D eigenvalue weighted by molar-refractivity contribution is 5.11. The number of hydroxylamine groups is 3. The number of aromatic nitrogens is 3. The van der Waals surface area contributed by atoms with Gasteiger partial charge in [-0.3, -0.25) is 0 Å². The third kappa shape index (κ3) is 8.14. The molecule has 0 unspecified atom stereocenters. The number of hydrogen-bond acceptors (Lipinski definition) is 9. The van der Waals surface area contributed by atoms with E-state index in [4.69, 9.17) is 14.5 Å². The monoisotopic (exact) mass is 456 g/mol.